The maximum Gasteiger partial charge on any atom is 0.258 e. The lowest BCUT2D eigenvalue weighted by atomic mass is 9.95. The summed E-state index contributed by atoms with van der Waals surface area (Å²) in [6, 6.07) is 6.69. The molecule has 5 heteroatoms. The summed E-state index contributed by atoms with van der Waals surface area (Å²) in [5.41, 5.74) is 1.15. The van der Waals surface area contributed by atoms with Crippen LogP contribution in [-0.2, 0) is 11.3 Å². The number of carbonyl (C=O) groups is 1. The second kappa shape index (κ2) is 11.1. The molecule has 5 nitrogen and oxygen atoms in total. The van der Waals surface area contributed by atoms with Crippen LogP contribution in [0.1, 0.15) is 64.9 Å². The van der Waals surface area contributed by atoms with Crippen molar-refractivity contribution in [1.29, 1.82) is 0 Å². The predicted molar refractivity (Wildman–Crippen MR) is 105 cm³/mol. The topological polar surface area (TPSA) is 59.6 Å². The highest BCUT2D eigenvalue weighted by atomic mass is 16.5. The van der Waals surface area contributed by atoms with Gasteiger partial charge in [-0.2, -0.15) is 0 Å². The van der Waals surface area contributed by atoms with Gasteiger partial charge in [0, 0.05) is 18.6 Å². The lowest BCUT2D eigenvalue weighted by Gasteiger charge is -2.23. The molecular weight excluding hydrogens is 328 g/mol. The standard InChI is InChI=1S/C21H34N2O3/c1-4-16(3)22-14-17-11-12-19(20(13-17)25-5-2)26-15-21(24)23-18-9-7-6-8-10-18/h11-13,16,18,22H,4-10,14-15H2,1-3H3,(H,23,24)/t16-/m1/s1. The van der Waals surface area contributed by atoms with E-state index in [1.54, 1.807) is 0 Å². The van der Waals surface area contributed by atoms with Crippen molar-refractivity contribution < 1.29 is 14.3 Å². The van der Waals surface area contributed by atoms with Crippen molar-refractivity contribution >= 4 is 5.91 Å². The Labute approximate surface area is 157 Å². The van der Waals surface area contributed by atoms with Crippen LogP contribution in [0.25, 0.3) is 0 Å². The minimum absolute atomic E-state index is 0.0288. The van der Waals surface area contributed by atoms with Crippen LogP contribution >= 0.6 is 0 Å². The largest absolute Gasteiger partial charge is 0.490 e. The molecular formula is C21H34N2O3. The molecule has 2 rings (SSSR count). The molecule has 1 aliphatic rings. The summed E-state index contributed by atoms with van der Waals surface area (Å²) in [6.45, 7) is 7.67. The van der Waals surface area contributed by atoms with E-state index in [1.807, 2.05) is 25.1 Å². The molecule has 0 aromatic heterocycles. The van der Waals surface area contributed by atoms with Gasteiger partial charge >= 0.3 is 0 Å². The summed E-state index contributed by atoms with van der Waals surface area (Å²) >= 11 is 0. The number of amides is 1. The minimum Gasteiger partial charge on any atom is -0.490 e. The molecule has 0 unspecified atom stereocenters. The number of ether oxygens (including phenoxy) is 2. The van der Waals surface area contributed by atoms with E-state index in [-0.39, 0.29) is 12.5 Å². The van der Waals surface area contributed by atoms with Crippen LogP contribution in [-0.4, -0.2) is 31.2 Å². The molecule has 1 fully saturated rings. The van der Waals surface area contributed by atoms with Gasteiger partial charge in [-0.25, -0.2) is 0 Å². The first-order chi connectivity index (χ1) is 12.6. The lowest BCUT2D eigenvalue weighted by Crippen LogP contribution is -2.39. The molecule has 0 saturated heterocycles. The van der Waals surface area contributed by atoms with Gasteiger partial charge in [0.1, 0.15) is 0 Å². The van der Waals surface area contributed by atoms with Crippen LogP contribution in [0.15, 0.2) is 18.2 Å². The Hall–Kier alpha value is -1.75. The molecule has 1 aromatic rings. The van der Waals surface area contributed by atoms with Crippen molar-refractivity contribution in [3.63, 3.8) is 0 Å². The average Bonchev–Trinajstić information content (AvgIpc) is 2.66. The summed E-state index contributed by atoms with van der Waals surface area (Å²) in [5.74, 6) is 1.27. The summed E-state index contributed by atoms with van der Waals surface area (Å²) in [6.07, 6.45) is 6.93. The minimum atomic E-state index is -0.0538. The lowest BCUT2D eigenvalue weighted by molar-refractivity contribution is -0.124. The van der Waals surface area contributed by atoms with E-state index in [9.17, 15) is 4.79 Å². The molecule has 0 radical (unpaired) electrons. The summed E-state index contributed by atoms with van der Waals surface area (Å²) in [7, 11) is 0. The number of carbonyl (C=O) groups excluding carboxylic acids is 1. The van der Waals surface area contributed by atoms with E-state index in [2.05, 4.69) is 24.5 Å². The normalized spacial score (nSPS) is 16.1. The van der Waals surface area contributed by atoms with E-state index < -0.39 is 0 Å². The fourth-order valence-corrected chi connectivity index (χ4v) is 3.15. The molecule has 146 valence electrons. The molecule has 1 aliphatic carbocycles. The van der Waals surface area contributed by atoms with Gasteiger partial charge in [0.2, 0.25) is 0 Å². The maximum atomic E-state index is 12.1. The molecule has 26 heavy (non-hydrogen) atoms. The van der Waals surface area contributed by atoms with E-state index in [4.69, 9.17) is 9.47 Å². The Kier molecular flexibility index (Phi) is 8.75. The van der Waals surface area contributed by atoms with Crippen LogP contribution in [0.2, 0.25) is 0 Å². The van der Waals surface area contributed by atoms with E-state index in [1.165, 1.54) is 19.3 Å². The zero-order chi connectivity index (χ0) is 18.8. The molecule has 0 bridgehead atoms. The number of nitrogens with one attached hydrogen (secondary N) is 2. The third kappa shape index (κ3) is 6.87. The summed E-state index contributed by atoms with van der Waals surface area (Å²) in [5, 5.41) is 6.55. The number of benzene rings is 1. The van der Waals surface area contributed by atoms with Crippen molar-refractivity contribution in [2.45, 2.75) is 77.9 Å². The van der Waals surface area contributed by atoms with Crippen molar-refractivity contribution in [3.8, 4) is 11.5 Å². The number of hydrogen-bond donors (Lipinski definition) is 2. The van der Waals surface area contributed by atoms with Crippen LogP contribution in [0, 0.1) is 0 Å². The first-order valence-electron chi connectivity index (χ1n) is 10.0. The molecule has 1 saturated carbocycles. The van der Waals surface area contributed by atoms with Crippen molar-refractivity contribution in [2.75, 3.05) is 13.2 Å². The Morgan fingerprint density at radius 3 is 2.62 bits per heavy atom. The Balaban J connectivity index is 1.89. The van der Waals surface area contributed by atoms with Gasteiger partial charge in [-0.3, -0.25) is 4.79 Å². The highest BCUT2D eigenvalue weighted by Gasteiger charge is 2.16. The predicted octanol–water partition coefficient (Wildman–Crippen LogP) is 3.80. The average molecular weight is 363 g/mol. The molecule has 0 heterocycles. The Morgan fingerprint density at radius 1 is 1.15 bits per heavy atom. The van der Waals surface area contributed by atoms with Gasteiger partial charge in [-0.05, 0) is 50.8 Å². The van der Waals surface area contributed by atoms with Crippen molar-refractivity contribution in [2.24, 2.45) is 0 Å². The second-order valence-corrected chi connectivity index (χ2v) is 7.10. The fourth-order valence-electron chi connectivity index (χ4n) is 3.15. The van der Waals surface area contributed by atoms with Gasteiger partial charge < -0.3 is 20.1 Å². The highest BCUT2D eigenvalue weighted by Crippen LogP contribution is 2.28. The number of rotatable bonds is 10. The van der Waals surface area contributed by atoms with Gasteiger partial charge in [0.15, 0.2) is 18.1 Å². The monoisotopic (exact) mass is 362 g/mol. The van der Waals surface area contributed by atoms with Crippen molar-refractivity contribution in [1.82, 2.24) is 10.6 Å². The van der Waals surface area contributed by atoms with Crippen LogP contribution in [0.3, 0.4) is 0 Å². The maximum absolute atomic E-state index is 12.1. The third-order valence-electron chi connectivity index (χ3n) is 4.90. The van der Waals surface area contributed by atoms with Crippen molar-refractivity contribution in [3.05, 3.63) is 23.8 Å². The quantitative estimate of drug-likeness (QED) is 0.665. The first kappa shape index (κ1) is 20.6. The molecule has 2 N–H and O–H groups in total. The van der Waals surface area contributed by atoms with E-state index in [0.717, 1.165) is 31.4 Å². The van der Waals surface area contributed by atoms with Gasteiger partial charge in [-0.1, -0.05) is 32.3 Å². The SMILES string of the molecule is CCOc1cc(CN[C@H](C)CC)ccc1OCC(=O)NC1CCCCC1. The smallest absolute Gasteiger partial charge is 0.258 e. The second-order valence-electron chi connectivity index (χ2n) is 7.10. The summed E-state index contributed by atoms with van der Waals surface area (Å²) in [4.78, 5) is 12.1. The molecule has 1 amide bonds. The molecule has 0 aliphatic heterocycles. The Bertz CT molecular complexity index is 556. The van der Waals surface area contributed by atoms with Crippen LogP contribution in [0.4, 0.5) is 0 Å². The zero-order valence-electron chi connectivity index (χ0n) is 16.5. The van der Waals surface area contributed by atoms with E-state index >= 15 is 0 Å². The Morgan fingerprint density at radius 2 is 1.92 bits per heavy atom. The van der Waals surface area contributed by atoms with Gasteiger partial charge in [-0.15, -0.1) is 0 Å². The highest BCUT2D eigenvalue weighted by molar-refractivity contribution is 5.78. The third-order valence-corrected chi connectivity index (χ3v) is 4.90. The fraction of sp³-hybridized carbons (Fsp3) is 0.667. The zero-order valence-corrected chi connectivity index (χ0v) is 16.5. The van der Waals surface area contributed by atoms with Gasteiger partial charge in [0.25, 0.3) is 5.91 Å². The first-order valence-corrected chi connectivity index (χ1v) is 10.0. The molecule has 1 atom stereocenters. The van der Waals surface area contributed by atoms with Gasteiger partial charge in [0.05, 0.1) is 6.61 Å². The van der Waals surface area contributed by atoms with E-state index in [0.29, 0.717) is 30.2 Å². The molecule has 1 aromatic carbocycles. The van der Waals surface area contributed by atoms with Crippen LogP contribution in [0.5, 0.6) is 11.5 Å². The number of hydrogen-bond acceptors (Lipinski definition) is 4. The molecule has 0 spiro atoms. The van der Waals surface area contributed by atoms with Crippen LogP contribution < -0.4 is 20.1 Å². The summed E-state index contributed by atoms with van der Waals surface area (Å²) < 4.78 is 11.4.